The van der Waals surface area contributed by atoms with E-state index in [0.717, 1.165) is 35.7 Å². The minimum Gasteiger partial charge on any atom is -0.492 e. The first-order valence-electron chi connectivity index (χ1n) is 19.5. The number of carbonyl (C=O) groups excluding carboxylic acids is 4. The molecule has 3 aliphatic rings. The molecule has 13 nitrogen and oxygen atoms in total. The summed E-state index contributed by atoms with van der Waals surface area (Å²) in [5, 5.41) is 17.7. The summed E-state index contributed by atoms with van der Waals surface area (Å²) in [6.45, 7) is 12.4. The van der Waals surface area contributed by atoms with Gasteiger partial charge in [-0.15, -0.1) is 0 Å². The predicted molar refractivity (Wildman–Crippen MR) is 221 cm³/mol. The van der Waals surface area contributed by atoms with E-state index in [1.54, 1.807) is 55.1 Å². The summed E-state index contributed by atoms with van der Waals surface area (Å²) in [6, 6.07) is 16.4. The van der Waals surface area contributed by atoms with Crippen LogP contribution in [0.25, 0.3) is 0 Å². The fraction of sp³-hybridized carbons (Fsp3) is 0.429. The van der Waals surface area contributed by atoms with E-state index in [1.165, 1.54) is 6.07 Å². The molecule has 17 heteroatoms. The van der Waals surface area contributed by atoms with Gasteiger partial charge in [-0.05, 0) is 113 Å². The summed E-state index contributed by atoms with van der Waals surface area (Å²) >= 11 is 5.72. The number of nitrogens with one attached hydrogen (secondary N) is 3. The highest BCUT2D eigenvalue weighted by Gasteiger charge is 2.51. The van der Waals surface area contributed by atoms with Crippen molar-refractivity contribution in [3.8, 4) is 11.8 Å². The van der Waals surface area contributed by atoms with E-state index in [1.807, 2.05) is 26.0 Å². The van der Waals surface area contributed by atoms with Crippen molar-refractivity contribution < 1.29 is 37.1 Å². The molecule has 3 aromatic carbocycles. The Morgan fingerprint density at radius 1 is 1.07 bits per heavy atom. The summed E-state index contributed by atoms with van der Waals surface area (Å²) in [6.07, 6.45) is -3.54. The standard InChI is InChI=1S/C42H47F3N8O5S/c1-6-27-20-32(53-40(59)52(39(57)41(53,4)5)31-11-10-28(23-46)33(22-31)42(43,44)45)12-14-35(27)58-19-18-50-16-17-51(25(2)24-50)26(3)37(55)48-30-9-7-8-29(21-30)47-34-13-15-36(54)49-38(34)56/h7-12,14,20-22,25-26,34,47H,6,13,15-19,24H2,1-5H3,(H,48,55)(H,49,54,56)/t25-,26-,34?/m0/s1. The first kappa shape index (κ1) is 43.0. The van der Waals surface area contributed by atoms with Gasteiger partial charge in [0, 0.05) is 55.7 Å². The second-order valence-corrected chi connectivity index (χ2v) is 15.8. The number of ether oxygens (including phenoxy) is 1. The number of hydrogen-bond donors (Lipinski definition) is 3. The van der Waals surface area contributed by atoms with Crippen LogP contribution in [0, 0.1) is 11.3 Å². The number of anilines is 4. The number of alkyl halides is 3. The average molecular weight is 833 g/mol. The maximum absolute atomic E-state index is 13.8. The molecule has 1 unspecified atom stereocenters. The molecule has 312 valence electrons. The number of nitrogens with zero attached hydrogens (tertiary/aromatic N) is 5. The van der Waals surface area contributed by atoms with Crippen molar-refractivity contribution in [3.05, 3.63) is 77.4 Å². The Bertz CT molecular complexity index is 2190. The summed E-state index contributed by atoms with van der Waals surface area (Å²) < 4.78 is 47.6. The molecular weight excluding hydrogens is 786 g/mol. The van der Waals surface area contributed by atoms with Crippen LogP contribution >= 0.6 is 12.2 Å². The van der Waals surface area contributed by atoms with Crippen molar-refractivity contribution in [2.45, 2.75) is 83.7 Å². The number of benzene rings is 3. The SMILES string of the molecule is CCc1cc(N2C(=S)N(c3ccc(C#N)c(C(F)(F)F)c3)C(=O)C2(C)C)ccc1OCCN1CCN([C@@H](C)C(=O)Nc2cccc(NC3CCC(=O)NC3=O)c2)[C@@H](C)C1. The van der Waals surface area contributed by atoms with Gasteiger partial charge in [-0.1, -0.05) is 13.0 Å². The molecule has 3 heterocycles. The quantitative estimate of drug-likeness (QED) is 0.153. The number of imide groups is 1. The number of aryl methyl sites for hydroxylation is 1. The molecule has 0 aromatic heterocycles. The van der Waals surface area contributed by atoms with Gasteiger partial charge in [0.2, 0.25) is 17.7 Å². The van der Waals surface area contributed by atoms with Crippen molar-refractivity contribution in [2.75, 3.05) is 53.2 Å². The zero-order valence-corrected chi connectivity index (χ0v) is 34.3. The van der Waals surface area contributed by atoms with E-state index in [2.05, 4.69) is 32.7 Å². The summed E-state index contributed by atoms with van der Waals surface area (Å²) in [5.41, 5.74) is -0.290. The number of piperidine rings is 1. The second kappa shape index (κ2) is 17.3. The molecule has 6 rings (SSSR count). The number of piperazine rings is 1. The molecule has 0 bridgehead atoms. The van der Waals surface area contributed by atoms with Crippen molar-refractivity contribution in [1.29, 1.82) is 5.26 Å². The fourth-order valence-electron chi connectivity index (χ4n) is 7.81. The van der Waals surface area contributed by atoms with E-state index >= 15 is 0 Å². The summed E-state index contributed by atoms with van der Waals surface area (Å²) in [5.74, 6) is -0.646. The van der Waals surface area contributed by atoms with Gasteiger partial charge in [0.25, 0.3) is 5.91 Å². The fourth-order valence-corrected chi connectivity index (χ4v) is 8.33. The van der Waals surface area contributed by atoms with Crippen LogP contribution < -0.4 is 30.5 Å². The second-order valence-electron chi connectivity index (χ2n) is 15.4. The maximum atomic E-state index is 13.8. The Labute approximate surface area is 346 Å². The molecule has 3 aromatic rings. The van der Waals surface area contributed by atoms with Gasteiger partial charge in [-0.25, -0.2) is 0 Å². The van der Waals surface area contributed by atoms with Crippen molar-refractivity contribution in [2.24, 2.45) is 0 Å². The van der Waals surface area contributed by atoms with Gasteiger partial charge in [0.05, 0.1) is 28.9 Å². The van der Waals surface area contributed by atoms with E-state index < -0.39 is 40.8 Å². The smallest absolute Gasteiger partial charge is 0.417 e. The van der Waals surface area contributed by atoms with Crippen LogP contribution in [0.3, 0.4) is 0 Å². The highest BCUT2D eigenvalue weighted by Crippen LogP contribution is 2.40. The number of thiocarbonyl (C=S) groups is 1. The minimum atomic E-state index is -4.80. The van der Waals surface area contributed by atoms with E-state index in [-0.39, 0.29) is 41.0 Å². The molecule has 0 aliphatic carbocycles. The minimum absolute atomic E-state index is 0.0159. The van der Waals surface area contributed by atoms with E-state index in [9.17, 15) is 37.6 Å². The molecule has 0 saturated carbocycles. The largest absolute Gasteiger partial charge is 0.492 e. The van der Waals surface area contributed by atoms with Crippen molar-refractivity contribution in [3.63, 3.8) is 0 Å². The Hall–Kier alpha value is -5.57. The molecular formula is C42H47F3N8O5S. The van der Waals surface area contributed by atoms with Crippen LogP contribution in [0.4, 0.5) is 35.9 Å². The van der Waals surface area contributed by atoms with Gasteiger partial charge in [0.15, 0.2) is 5.11 Å². The predicted octanol–water partition coefficient (Wildman–Crippen LogP) is 5.69. The molecule has 3 N–H and O–H groups in total. The summed E-state index contributed by atoms with van der Waals surface area (Å²) in [4.78, 5) is 57.9. The third-order valence-electron chi connectivity index (χ3n) is 11.1. The molecule has 3 fully saturated rings. The van der Waals surface area contributed by atoms with Crippen LogP contribution in [-0.2, 0) is 31.8 Å². The molecule has 3 aliphatic heterocycles. The zero-order valence-electron chi connectivity index (χ0n) is 33.5. The molecule has 4 amide bonds. The maximum Gasteiger partial charge on any atom is 0.417 e. The summed E-state index contributed by atoms with van der Waals surface area (Å²) in [7, 11) is 0. The number of hydrogen-bond acceptors (Lipinski definition) is 10. The van der Waals surface area contributed by atoms with E-state index in [0.29, 0.717) is 55.3 Å². The molecule has 0 radical (unpaired) electrons. The van der Waals surface area contributed by atoms with Crippen LogP contribution in [0.1, 0.15) is 64.2 Å². The third kappa shape index (κ3) is 9.19. The van der Waals surface area contributed by atoms with Gasteiger partial charge in [0.1, 0.15) is 23.9 Å². The van der Waals surface area contributed by atoms with Crippen LogP contribution in [0.5, 0.6) is 5.75 Å². The molecule has 3 saturated heterocycles. The van der Waals surface area contributed by atoms with Gasteiger partial charge in [-0.3, -0.25) is 39.2 Å². The third-order valence-corrected chi connectivity index (χ3v) is 11.4. The van der Waals surface area contributed by atoms with Crippen LogP contribution in [-0.4, -0.2) is 95.0 Å². The van der Waals surface area contributed by atoms with Gasteiger partial charge < -0.3 is 20.3 Å². The Balaban J connectivity index is 1.03. The lowest BCUT2D eigenvalue weighted by Crippen LogP contribution is -2.57. The number of rotatable bonds is 12. The lowest BCUT2D eigenvalue weighted by molar-refractivity contribution is -0.138. The average Bonchev–Trinajstić information content (AvgIpc) is 3.37. The Morgan fingerprint density at radius 2 is 1.80 bits per heavy atom. The molecule has 0 spiro atoms. The first-order chi connectivity index (χ1) is 27.9. The number of carbonyl (C=O) groups is 4. The Kier molecular flexibility index (Phi) is 12.6. The topological polar surface area (TPSA) is 150 Å². The van der Waals surface area contributed by atoms with E-state index in [4.69, 9.17) is 17.0 Å². The highest BCUT2D eigenvalue weighted by atomic mass is 32.1. The first-order valence-corrected chi connectivity index (χ1v) is 19.9. The monoisotopic (exact) mass is 832 g/mol. The zero-order chi connectivity index (χ0) is 42.8. The van der Waals surface area contributed by atoms with Gasteiger partial charge in [-0.2, -0.15) is 18.4 Å². The van der Waals surface area contributed by atoms with Crippen LogP contribution in [0.2, 0.25) is 0 Å². The number of nitriles is 1. The van der Waals surface area contributed by atoms with Gasteiger partial charge >= 0.3 is 6.18 Å². The lowest BCUT2D eigenvalue weighted by Gasteiger charge is -2.42. The highest BCUT2D eigenvalue weighted by molar-refractivity contribution is 7.81. The van der Waals surface area contributed by atoms with Crippen molar-refractivity contribution >= 4 is 63.7 Å². The molecule has 59 heavy (non-hydrogen) atoms. The number of halogens is 3. The molecule has 3 atom stereocenters. The number of amides is 4. The lowest BCUT2D eigenvalue weighted by atomic mass is 10.0. The van der Waals surface area contributed by atoms with Crippen LogP contribution in [0.15, 0.2) is 60.7 Å². The Morgan fingerprint density at radius 3 is 2.47 bits per heavy atom. The normalized spacial score (nSPS) is 20.6. The van der Waals surface area contributed by atoms with Crippen molar-refractivity contribution in [1.82, 2.24) is 15.1 Å².